The Morgan fingerprint density at radius 3 is 1.33 bits per heavy atom. The molecule has 0 aromatic heterocycles. The molecule has 0 spiro atoms. The van der Waals surface area contributed by atoms with Gasteiger partial charge in [0.2, 0.25) is 0 Å². The maximum atomic E-state index is 11.6. The lowest BCUT2D eigenvalue weighted by atomic mass is 10.1. The molecule has 2 aliphatic carbocycles. The Hall–Kier alpha value is -1.32. The fourth-order valence-electron chi connectivity index (χ4n) is 3.22. The van der Waals surface area contributed by atoms with Gasteiger partial charge in [0, 0.05) is 12.1 Å². The van der Waals surface area contributed by atoms with Gasteiger partial charge in [-0.25, -0.2) is 0 Å². The Bertz CT molecular complexity index is 444. The lowest BCUT2D eigenvalue weighted by Crippen LogP contribution is -2.40. The van der Waals surface area contributed by atoms with Crippen molar-refractivity contribution in [3.8, 4) is 0 Å². The van der Waals surface area contributed by atoms with E-state index in [-0.39, 0.29) is 10.9 Å². The number of nitrogens with one attached hydrogen (secondary N) is 2. The van der Waals surface area contributed by atoms with E-state index in [9.17, 15) is 9.59 Å². The van der Waals surface area contributed by atoms with Crippen LogP contribution in [0.3, 0.4) is 0 Å². The summed E-state index contributed by atoms with van der Waals surface area (Å²) in [6.45, 7) is 0. The predicted molar refractivity (Wildman–Crippen MR) is 73.1 cm³/mol. The number of anilines is 2. The van der Waals surface area contributed by atoms with Crippen LogP contribution in [0.25, 0.3) is 0 Å². The van der Waals surface area contributed by atoms with Gasteiger partial charge < -0.3 is 10.6 Å². The van der Waals surface area contributed by atoms with Crippen molar-refractivity contribution in [1.82, 2.24) is 0 Å². The van der Waals surface area contributed by atoms with E-state index < -0.39 is 0 Å². The monoisotopic (exact) mass is 248 g/mol. The van der Waals surface area contributed by atoms with Gasteiger partial charge >= 0.3 is 0 Å². The summed E-state index contributed by atoms with van der Waals surface area (Å²) in [4.78, 5) is 23.2. The van der Waals surface area contributed by atoms with Crippen LogP contribution in [0.4, 0.5) is 11.4 Å². The van der Waals surface area contributed by atoms with Gasteiger partial charge in [0.15, 0.2) is 0 Å². The highest BCUT2D eigenvalue weighted by molar-refractivity contribution is 5.74. The summed E-state index contributed by atoms with van der Waals surface area (Å²) >= 11 is 0. The average molecular weight is 248 g/mol. The third-order valence-electron chi connectivity index (χ3n) is 4.32. The van der Waals surface area contributed by atoms with Crippen LogP contribution in [0.2, 0.25) is 0 Å². The zero-order valence-corrected chi connectivity index (χ0v) is 10.6. The third kappa shape index (κ3) is 2.04. The molecule has 0 saturated heterocycles. The second kappa shape index (κ2) is 4.75. The molecule has 1 aromatic rings. The Morgan fingerprint density at radius 2 is 1.00 bits per heavy atom. The van der Waals surface area contributed by atoms with Crippen LogP contribution in [0, 0.1) is 0 Å². The van der Waals surface area contributed by atoms with Crippen LogP contribution >= 0.6 is 0 Å². The van der Waals surface area contributed by atoms with Crippen LogP contribution in [0.5, 0.6) is 0 Å². The van der Waals surface area contributed by atoms with Crippen molar-refractivity contribution in [2.45, 2.75) is 63.5 Å². The molecule has 0 atom stereocenters. The van der Waals surface area contributed by atoms with E-state index in [1.807, 2.05) is 0 Å². The minimum absolute atomic E-state index is 0.331. The Morgan fingerprint density at radius 1 is 0.667 bits per heavy atom. The van der Waals surface area contributed by atoms with Crippen molar-refractivity contribution in [1.29, 1.82) is 0 Å². The summed E-state index contributed by atoms with van der Waals surface area (Å²) in [5.41, 5.74) is 0.447. The van der Waals surface area contributed by atoms with Gasteiger partial charge in [-0.1, -0.05) is 25.7 Å². The van der Waals surface area contributed by atoms with Crippen molar-refractivity contribution >= 4 is 11.4 Å². The van der Waals surface area contributed by atoms with E-state index in [0.717, 1.165) is 25.7 Å². The summed E-state index contributed by atoms with van der Waals surface area (Å²) in [5.74, 6) is 0. The fourth-order valence-corrected chi connectivity index (χ4v) is 3.22. The molecular weight excluding hydrogens is 228 g/mol. The first kappa shape index (κ1) is 11.8. The van der Waals surface area contributed by atoms with Gasteiger partial charge in [-0.2, -0.15) is 0 Å². The lowest BCUT2D eigenvalue weighted by molar-refractivity contribution is 0.740. The fraction of sp³-hybridized carbons (Fsp3) is 0.714. The van der Waals surface area contributed by atoms with E-state index in [4.69, 9.17) is 0 Å². The number of hydrogen-bond acceptors (Lipinski definition) is 4. The largest absolute Gasteiger partial charge is 0.377 e. The molecule has 0 radical (unpaired) electrons. The molecule has 1 aromatic carbocycles. The summed E-state index contributed by atoms with van der Waals surface area (Å²) in [5, 5.41) is 6.53. The SMILES string of the molecule is O=c1c(NC2CCCC2)c(NC2CCCC2)c1=O. The standard InChI is InChI=1S/C14H20N2O2/c17-13-11(15-9-5-1-2-6-9)12(14(13)18)16-10-7-3-4-8-10/h9-10,15-16H,1-8H2. The Labute approximate surface area is 106 Å². The Kier molecular flexibility index (Phi) is 3.10. The average Bonchev–Trinajstić information content (AvgIpc) is 3.06. The molecule has 98 valence electrons. The normalized spacial score (nSPS) is 21.8. The molecule has 2 fully saturated rings. The third-order valence-corrected chi connectivity index (χ3v) is 4.32. The van der Waals surface area contributed by atoms with Gasteiger partial charge in [0.05, 0.1) is 0 Å². The second-order valence-electron chi connectivity index (χ2n) is 5.66. The van der Waals surface area contributed by atoms with Crippen molar-refractivity contribution in [2.75, 3.05) is 10.6 Å². The minimum Gasteiger partial charge on any atom is -0.377 e. The van der Waals surface area contributed by atoms with Crippen LogP contribution in [0.15, 0.2) is 9.59 Å². The summed E-state index contributed by atoms with van der Waals surface area (Å²) < 4.78 is 0. The van der Waals surface area contributed by atoms with Gasteiger partial charge in [-0.05, 0) is 25.7 Å². The highest BCUT2D eigenvalue weighted by Gasteiger charge is 2.27. The van der Waals surface area contributed by atoms with Crippen LogP contribution in [0.1, 0.15) is 51.4 Å². The van der Waals surface area contributed by atoms with E-state index in [0.29, 0.717) is 23.5 Å². The highest BCUT2D eigenvalue weighted by Crippen LogP contribution is 2.27. The lowest BCUT2D eigenvalue weighted by Gasteiger charge is -2.21. The van der Waals surface area contributed by atoms with Gasteiger partial charge in [-0.3, -0.25) is 9.59 Å². The maximum Gasteiger partial charge on any atom is 0.253 e. The molecule has 2 saturated carbocycles. The van der Waals surface area contributed by atoms with Crippen molar-refractivity contribution < 1.29 is 0 Å². The van der Waals surface area contributed by atoms with E-state index in [1.54, 1.807) is 0 Å². The molecule has 0 heterocycles. The number of hydrogen-bond donors (Lipinski definition) is 2. The smallest absolute Gasteiger partial charge is 0.253 e. The van der Waals surface area contributed by atoms with E-state index in [1.165, 1.54) is 25.7 Å². The van der Waals surface area contributed by atoms with E-state index in [2.05, 4.69) is 10.6 Å². The van der Waals surface area contributed by atoms with Gasteiger partial charge in [-0.15, -0.1) is 0 Å². The molecule has 0 aliphatic heterocycles. The predicted octanol–water partition coefficient (Wildman–Crippen LogP) is 1.99. The quantitative estimate of drug-likeness (QED) is 0.800. The van der Waals surface area contributed by atoms with E-state index >= 15 is 0 Å². The minimum atomic E-state index is -0.331. The zero-order chi connectivity index (χ0) is 12.5. The molecule has 2 aliphatic rings. The summed E-state index contributed by atoms with van der Waals surface area (Å²) in [6.07, 6.45) is 9.33. The molecule has 2 N–H and O–H groups in total. The maximum absolute atomic E-state index is 11.6. The van der Waals surface area contributed by atoms with Gasteiger partial charge in [0.1, 0.15) is 11.4 Å². The first-order chi connectivity index (χ1) is 8.75. The van der Waals surface area contributed by atoms with Crippen LogP contribution in [-0.4, -0.2) is 12.1 Å². The van der Waals surface area contributed by atoms with Crippen molar-refractivity contribution in [3.63, 3.8) is 0 Å². The molecule has 0 unspecified atom stereocenters. The molecule has 0 amide bonds. The van der Waals surface area contributed by atoms with Crippen molar-refractivity contribution in [2.24, 2.45) is 0 Å². The Balaban J connectivity index is 1.71. The molecule has 3 rings (SSSR count). The molecule has 4 heteroatoms. The van der Waals surface area contributed by atoms with Crippen LogP contribution < -0.4 is 21.5 Å². The first-order valence-electron chi connectivity index (χ1n) is 7.12. The van der Waals surface area contributed by atoms with Gasteiger partial charge in [0.25, 0.3) is 10.9 Å². The molecule has 0 bridgehead atoms. The van der Waals surface area contributed by atoms with Crippen molar-refractivity contribution in [3.05, 3.63) is 20.4 Å². The second-order valence-corrected chi connectivity index (χ2v) is 5.66. The molecule has 18 heavy (non-hydrogen) atoms. The highest BCUT2D eigenvalue weighted by atomic mass is 16.2. The summed E-state index contributed by atoms with van der Waals surface area (Å²) in [7, 11) is 0. The number of rotatable bonds is 4. The first-order valence-corrected chi connectivity index (χ1v) is 7.12. The zero-order valence-electron chi connectivity index (χ0n) is 10.6. The molecular formula is C14H20N2O2. The topological polar surface area (TPSA) is 58.2 Å². The van der Waals surface area contributed by atoms with Crippen LogP contribution in [-0.2, 0) is 0 Å². The molecule has 4 nitrogen and oxygen atoms in total. The summed E-state index contributed by atoms with van der Waals surface area (Å²) in [6, 6.07) is 0.773.